The van der Waals surface area contributed by atoms with Gasteiger partial charge >= 0.3 is 4.87 Å². The summed E-state index contributed by atoms with van der Waals surface area (Å²) in [7, 11) is 0. The summed E-state index contributed by atoms with van der Waals surface area (Å²) in [4.78, 5) is 44.8. The van der Waals surface area contributed by atoms with Gasteiger partial charge in [-0.2, -0.15) is 0 Å². The second kappa shape index (κ2) is 10.0. The van der Waals surface area contributed by atoms with Crippen LogP contribution in [0.15, 0.2) is 81.0 Å². The minimum atomic E-state index is -0.699. The van der Waals surface area contributed by atoms with Gasteiger partial charge in [-0.3, -0.25) is 14.4 Å². The molecule has 4 aromatic rings. The Balaban J connectivity index is 1.45. The number of H-pyrrole nitrogens is 1. The predicted molar refractivity (Wildman–Crippen MR) is 154 cm³/mol. The molecule has 10 heteroatoms. The number of carbonyl (C=O) groups is 2. The molecule has 38 heavy (non-hydrogen) atoms. The first-order chi connectivity index (χ1) is 18.3. The average molecular weight is 628 g/mol. The maximum absolute atomic E-state index is 14.0. The number of nitrogens with zero attached hydrogens (tertiary/aromatic N) is 1. The first-order valence-corrected chi connectivity index (χ1v) is 14.7. The van der Waals surface area contributed by atoms with Crippen LogP contribution in [0.3, 0.4) is 0 Å². The molecule has 0 spiro atoms. The van der Waals surface area contributed by atoms with Gasteiger partial charge < -0.3 is 9.72 Å². The second-order valence-electron chi connectivity index (χ2n) is 9.20. The minimum Gasteiger partial charge on any atom is -0.489 e. The van der Waals surface area contributed by atoms with E-state index in [0.29, 0.717) is 21.5 Å². The van der Waals surface area contributed by atoms with Crippen molar-refractivity contribution in [2.75, 3.05) is 4.90 Å². The number of benzene rings is 3. The van der Waals surface area contributed by atoms with Gasteiger partial charge in [0.25, 0.3) is 0 Å². The van der Waals surface area contributed by atoms with Crippen molar-refractivity contribution in [2.24, 2.45) is 5.92 Å². The lowest BCUT2D eigenvalue weighted by atomic mass is 9.82. The normalized spacial score (nSPS) is 20.4. The van der Waals surface area contributed by atoms with Crippen molar-refractivity contribution >= 4 is 68.1 Å². The summed E-state index contributed by atoms with van der Waals surface area (Å²) in [6, 6.07) is 20.4. The van der Waals surface area contributed by atoms with Gasteiger partial charge in [-0.25, -0.2) is 4.90 Å². The largest absolute Gasteiger partial charge is 0.489 e. The smallest absolute Gasteiger partial charge is 0.305 e. The lowest BCUT2D eigenvalue weighted by Gasteiger charge is -2.31. The molecule has 6 nitrogen and oxygen atoms in total. The Bertz CT molecular complexity index is 1630. The van der Waals surface area contributed by atoms with Gasteiger partial charge in [-0.05, 0) is 55.0 Å². The second-order valence-corrected chi connectivity index (χ2v) is 12.7. The van der Waals surface area contributed by atoms with E-state index in [4.69, 9.17) is 16.3 Å². The van der Waals surface area contributed by atoms with E-state index in [9.17, 15) is 14.4 Å². The first kappa shape index (κ1) is 25.4. The van der Waals surface area contributed by atoms with Crippen LogP contribution in [0.25, 0.3) is 0 Å². The number of aromatic amines is 1. The molecule has 0 aliphatic carbocycles. The van der Waals surface area contributed by atoms with E-state index in [1.54, 1.807) is 18.2 Å². The highest BCUT2D eigenvalue weighted by Crippen LogP contribution is 2.54. The van der Waals surface area contributed by atoms with Gasteiger partial charge in [0.2, 0.25) is 11.8 Å². The number of halogens is 2. The maximum atomic E-state index is 14.0. The fourth-order valence-corrected chi connectivity index (χ4v) is 8.08. The Hall–Kier alpha value is -2.85. The third-order valence-corrected chi connectivity index (χ3v) is 9.84. The summed E-state index contributed by atoms with van der Waals surface area (Å²) in [5.74, 6) is -1.24. The van der Waals surface area contributed by atoms with E-state index in [-0.39, 0.29) is 23.3 Å². The van der Waals surface area contributed by atoms with Gasteiger partial charge in [0, 0.05) is 25.9 Å². The van der Waals surface area contributed by atoms with E-state index in [2.05, 4.69) is 20.9 Å². The molecule has 3 atom stereocenters. The summed E-state index contributed by atoms with van der Waals surface area (Å²) in [5.41, 5.74) is 3.21. The number of amides is 2. The number of hydrogen-bond acceptors (Lipinski definition) is 6. The quantitative estimate of drug-likeness (QED) is 0.255. The number of fused-ring (bicyclic) bond motifs is 2. The summed E-state index contributed by atoms with van der Waals surface area (Å²) >= 11 is 12.0. The molecule has 1 aromatic heterocycles. The number of thioether (sulfide) groups is 1. The van der Waals surface area contributed by atoms with Crippen molar-refractivity contribution < 1.29 is 14.3 Å². The lowest BCUT2D eigenvalue weighted by Crippen LogP contribution is -2.32. The van der Waals surface area contributed by atoms with Crippen LogP contribution in [0.4, 0.5) is 5.69 Å². The van der Waals surface area contributed by atoms with Crippen LogP contribution < -0.4 is 14.5 Å². The molecule has 2 aliphatic heterocycles. The number of anilines is 1. The van der Waals surface area contributed by atoms with Crippen LogP contribution in [-0.4, -0.2) is 22.0 Å². The van der Waals surface area contributed by atoms with E-state index in [0.717, 1.165) is 37.4 Å². The van der Waals surface area contributed by atoms with Gasteiger partial charge in [0.05, 0.1) is 16.6 Å². The molecular formula is C28H20BrClN2O4S2. The number of rotatable bonds is 5. The molecule has 1 fully saturated rings. The van der Waals surface area contributed by atoms with Gasteiger partial charge in [0.15, 0.2) is 0 Å². The molecule has 3 unspecified atom stereocenters. The Labute approximate surface area is 240 Å². The Kier molecular flexibility index (Phi) is 6.72. The summed E-state index contributed by atoms with van der Waals surface area (Å²) in [6.45, 7) is 2.22. The number of thiazole rings is 1. The predicted octanol–water partition coefficient (Wildman–Crippen LogP) is 6.54. The highest BCUT2D eigenvalue weighted by molar-refractivity contribution is 9.10. The highest BCUT2D eigenvalue weighted by Gasteiger charge is 2.56. The van der Waals surface area contributed by atoms with Crippen LogP contribution >= 0.6 is 50.6 Å². The fraction of sp³-hybridized carbons (Fsp3) is 0.179. The Morgan fingerprint density at radius 2 is 1.82 bits per heavy atom. The van der Waals surface area contributed by atoms with Crippen molar-refractivity contribution in [3.63, 3.8) is 0 Å². The van der Waals surface area contributed by atoms with Crippen molar-refractivity contribution in [3.8, 4) is 5.75 Å². The SMILES string of the molecule is Cc1ccc(N2C(=O)C3Sc4[nH]c(=O)sc4C(c4cc(Br)ccc4OCc4cccc(Cl)c4)C3C2=O)cc1. The molecule has 3 heterocycles. The molecule has 2 amide bonds. The molecule has 0 radical (unpaired) electrons. The van der Waals surface area contributed by atoms with E-state index < -0.39 is 17.1 Å². The number of ether oxygens (including phenoxy) is 1. The summed E-state index contributed by atoms with van der Waals surface area (Å²) in [5, 5.41) is 0.563. The molecule has 6 rings (SSSR count). The van der Waals surface area contributed by atoms with Crippen LogP contribution in [-0.2, 0) is 16.2 Å². The Morgan fingerprint density at radius 1 is 1.03 bits per heavy atom. The molecule has 2 aliphatic rings. The third-order valence-electron chi connectivity index (χ3n) is 6.71. The van der Waals surface area contributed by atoms with Crippen LogP contribution in [0, 0.1) is 12.8 Å². The summed E-state index contributed by atoms with van der Waals surface area (Å²) in [6.07, 6.45) is 0. The minimum absolute atomic E-state index is 0.223. The topological polar surface area (TPSA) is 79.5 Å². The van der Waals surface area contributed by atoms with Crippen molar-refractivity contribution in [1.29, 1.82) is 0 Å². The third kappa shape index (κ3) is 4.51. The summed E-state index contributed by atoms with van der Waals surface area (Å²) < 4.78 is 7.06. The van der Waals surface area contributed by atoms with Crippen LogP contribution in [0.5, 0.6) is 5.75 Å². The van der Waals surface area contributed by atoms with Crippen molar-refractivity contribution in [1.82, 2.24) is 4.98 Å². The van der Waals surface area contributed by atoms with Crippen molar-refractivity contribution in [2.45, 2.75) is 29.7 Å². The number of nitrogens with one attached hydrogen (secondary N) is 1. The molecule has 0 bridgehead atoms. The number of aromatic nitrogens is 1. The number of hydrogen-bond donors (Lipinski definition) is 1. The van der Waals surface area contributed by atoms with Gasteiger partial charge in [-0.1, -0.05) is 80.5 Å². The van der Waals surface area contributed by atoms with Crippen LogP contribution in [0.1, 0.15) is 27.5 Å². The molecule has 0 saturated carbocycles. The average Bonchev–Trinajstić information content (AvgIpc) is 3.38. The zero-order chi connectivity index (χ0) is 26.6. The highest BCUT2D eigenvalue weighted by atomic mass is 79.9. The Morgan fingerprint density at radius 3 is 2.58 bits per heavy atom. The molecule has 1 saturated heterocycles. The van der Waals surface area contributed by atoms with E-state index in [1.807, 2.05) is 55.5 Å². The van der Waals surface area contributed by atoms with Crippen LogP contribution in [0.2, 0.25) is 5.02 Å². The molecule has 3 aromatic carbocycles. The molecule has 1 N–H and O–H groups in total. The lowest BCUT2D eigenvalue weighted by molar-refractivity contribution is -0.122. The zero-order valence-corrected chi connectivity index (χ0v) is 23.9. The number of imide groups is 1. The zero-order valence-electron chi connectivity index (χ0n) is 19.9. The van der Waals surface area contributed by atoms with E-state index >= 15 is 0 Å². The fourth-order valence-electron chi connectivity index (χ4n) is 4.98. The van der Waals surface area contributed by atoms with Crippen molar-refractivity contribution in [3.05, 3.63) is 107 Å². The first-order valence-electron chi connectivity index (χ1n) is 11.8. The number of aryl methyl sites for hydroxylation is 1. The molecule has 192 valence electrons. The van der Waals surface area contributed by atoms with E-state index in [1.165, 1.54) is 16.7 Å². The monoisotopic (exact) mass is 626 g/mol. The molecular weight excluding hydrogens is 608 g/mol. The maximum Gasteiger partial charge on any atom is 0.305 e. The van der Waals surface area contributed by atoms with Gasteiger partial charge in [-0.15, -0.1) is 0 Å². The number of carbonyl (C=O) groups excluding carboxylic acids is 2. The van der Waals surface area contributed by atoms with Gasteiger partial charge in [0.1, 0.15) is 17.6 Å². The standard InChI is InChI=1S/C28H20BrClN2O4S2/c1-14-5-8-18(9-6-14)32-26(33)22-21(23-25(31-28(35)38-23)37-24(22)27(32)34)19-12-16(29)7-10-20(19)36-13-15-3-2-4-17(30)11-15/h2-12,21-22,24H,13H2,1H3,(H,31,35).